The van der Waals surface area contributed by atoms with Crippen molar-refractivity contribution >= 4 is 15.9 Å². The SMILES string of the molecule is COc1ccc(S(=O)(=O)N2CCC(NC(=O)c3ccc(C(F)(F)F)cc3)CC2)cc1. The third kappa shape index (κ3) is 4.93. The molecule has 0 atom stereocenters. The maximum atomic E-state index is 12.8. The van der Waals surface area contributed by atoms with E-state index in [1.54, 1.807) is 12.1 Å². The van der Waals surface area contributed by atoms with Crippen LogP contribution in [0, 0.1) is 0 Å². The first-order valence-corrected chi connectivity index (χ1v) is 10.7. The molecule has 0 unspecified atom stereocenters. The number of rotatable bonds is 5. The number of hydrogen-bond donors (Lipinski definition) is 1. The number of ether oxygens (including phenoxy) is 1. The molecule has 6 nitrogen and oxygen atoms in total. The summed E-state index contributed by atoms with van der Waals surface area (Å²) in [6.45, 7) is 0.457. The van der Waals surface area contributed by atoms with E-state index in [-0.39, 0.29) is 29.6 Å². The van der Waals surface area contributed by atoms with Crippen molar-refractivity contribution in [1.82, 2.24) is 9.62 Å². The van der Waals surface area contributed by atoms with Crippen LogP contribution in [-0.4, -0.2) is 44.9 Å². The van der Waals surface area contributed by atoms with Gasteiger partial charge < -0.3 is 10.1 Å². The fourth-order valence-electron chi connectivity index (χ4n) is 3.22. The van der Waals surface area contributed by atoms with Gasteiger partial charge in [0.05, 0.1) is 17.6 Å². The second-order valence-electron chi connectivity index (χ2n) is 6.90. The molecule has 2 aromatic carbocycles. The Morgan fingerprint density at radius 1 is 1.03 bits per heavy atom. The van der Waals surface area contributed by atoms with Crippen LogP contribution in [0.4, 0.5) is 13.2 Å². The number of carbonyl (C=O) groups is 1. The zero-order valence-corrected chi connectivity index (χ0v) is 17.0. The van der Waals surface area contributed by atoms with Crippen LogP contribution in [0.25, 0.3) is 0 Å². The number of amides is 1. The average molecular weight is 442 g/mol. The molecule has 0 spiro atoms. The lowest BCUT2D eigenvalue weighted by Gasteiger charge is -2.31. The van der Waals surface area contributed by atoms with Crippen molar-refractivity contribution in [2.45, 2.75) is 30.0 Å². The third-order valence-corrected chi connectivity index (χ3v) is 6.87. The van der Waals surface area contributed by atoms with E-state index < -0.39 is 27.7 Å². The molecular formula is C20H21F3N2O4S. The van der Waals surface area contributed by atoms with E-state index in [9.17, 15) is 26.4 Å². The quantitative estimate of drug-likeness (QED) is 0.771. The van der Waals surface area contributed by atoms with Gasteiger partial charge in [0, 0.05) is 24.7 Å². The first-order valence-electron chi connectivity index (χ1n) is 9.23. The molecule has 3 rings (SSSR count). The van der Waals surface area contributed by atoms with Gasteiger partial charge in [0.15, 0.2) is 0 Å². The van der Waals surface area contributed by atoms with E-state index >= 15 is 0 Å². The number of benzene rings is 2. The Bertz CT molecular complexity index is 982. The zero-order chi connectivity index (χ0) is 21.9. The molecule has 1 aliphatic heterocycles. The highest BCUT2D eigenvalue weighted by molar-refractivity contribution is 7.89. The monoisotopic (exact) mass is 442 g/mol. The highest BCUT2D eigenvalue weighted by atomic mass is 32.2. The summed E-state index contributed by atoms with van der Waals surface area (Å²) in [6.07, 6.45) is -3.65. The van der Waals surface area contributed by atoms with Crippen molar-refractivity contribution in [1.29, 1.82) is 0 Å². The van der Waals surface area contributed by atoms with Crippen LogP contribution in [0.5, 0.6) is 5.75 Å². The van der Waals surface area contributed by atoms with Crippen LogP contribution in [-0.2, 0) is 16.2 Å². The summed E-state index contributed by atoms with van der Waals surface area (Å²) in [5.41, 5.74) is -0.701. The van der Waals surface area contributed by atoms with Gasteiger partial charge in [-0.15, -0.1) is 0 Å². The second-order valence-corrected chi connectivity index (χ2v) is 8.84. The van der Waals surface area contributed by atoms with Gasteiger partial charge in [-0.3, -0.25) is 4.79 Å². The lowest BCUT2D eigenvalue weighted by molar-refractivity contribution is -0.137. The van der Waals surface area contributed by atoms with Gasteiger partial charge >= 0.3 is 6.18 Å². The van der Waals surface area contributed by atoms with Crippen LogP contribution >= 0.6 is 0 Å². The normalized spacial score (nSPS) is 16.3. The number of hydrogen-bond acceptors (Lipinski definition) is 4. The van der Waals surface area contributed by atoms with Gasteiger partial charge in [0.25, 0.3) is 5.91 Å². The van der Waals surface area contributed by atoms with Crippen LogP contribution in [0.1, 0.15) is 28.8 Å². The number of methoxy groups -OCH3 is 1. The smallest absolute Gasteiger partial charge is 0.416 e. The maximum absolute atomic E-state index is 12.8. The van der Waals surface area contributed by atoms with Gasteiger partial charge in [0.1, 0.15) is 5.75 Å². The van der Waals surface area contributed by atoms with E-state index in [0.717, 1.165) is 24.3 Å². The Labute approximate surface area is 172 Å². The van der Waals surface area contributed by atoms with Crippen molar-refractivity contribution in [2.75, 3.05) is 20.2 Å². The number of piperidine rings is 1. The Kier molecular flexibility index (Phi) is 6.37. The molecule has 1 saturated heterocycles. The molecule has 1 aliphatic rings. The van der Waals surface area contributed by atoms with Gasteiger partial charge in [-0.2, -0.15) is 17.5 Å². The summed E-state index contributed by atoms with van der Waals surface area (Å²) in [5, 5.41) is 2.76. The van der Waals surface area contributed by atoms with Crippen molar-refractivity contribution < 1.29 is 31.1 Å². The lowest BCUT2D eigenvalue weighted by atomic mass is 10.1. The predicted octanol–water partition coefficient (Wildman–Crippen LogP) is 3.30. The maximum Gasteiger partial charge on any atom is 0.416 e. The van der Waals surface area contributed by atoms with Gasteiger partial charge in [0.2, 0.25) is 10.0 Å². The van der Waals surface area contributed by atoms with Crippen molar-refractivity contribution in [3.8, 4) is 5.75 Å². The fourth-order valence-corrected chi connectivity index (χ4v) is 4.69. The van der Waals surface area contributed by atoms with E-state index in [0.29, 0.717) is 18.6 Å². The molecule has 1 amide bonds. The molecule has 1 N–H and O–H groups in total. The molecule has 0 aliphatic carbocycles. The Hall–Kier alpha value is -2.59. The molecule has 1 fully saturated rings. The van der Waals surface area contributed by atoms with Crippen LogP contribution < -0.4 is 10.1 Å². The summed E-state index contributed by atoms with van der Waals surface area (Å²) in [4.78, 5) is 12.5. The minimum absolute atomic E-state index is 0.122. The molecule has 0 bridgehead atoms. The third-order valence-electron chi connectivity index (χ3n) is 4.96. The van der Waals surface area contributed by atoms with Crippen LogP contribution in [0.2, 0.25) is 0 Å². The Balaban J connectivity index is 1.58. The number of sulfonamides is 1. The predicted molar refractivity (Wildman–Crippen MR) is 104 cm³/mol. The lowest BCUT2D eigenvalue weighted by Crippen LogP contribution is -2.46. The second kappa shape index (κ2) is 8.65. The summed E-state index contributed by atoms with van der Waals surface area (Å²) in [7, 11) is -2.16. The number of nitrogens with one attached hydrogen (secondary N) is 1. The molecule has 2 aromatic rings. The molecule has 0 saturated carbocycles. The molecule has 0 radical (unpaired) electrons. The topological polar surface area (TPSA) is 75.7 Å². The number of alkyl halides is 3. The summed E-state index contributed by atoms with van der Waals surface area (Å²) >= 11 is 0. The van der Waals surface area contributed by atoms with Gasteiger partial charge in [-0.25, -0.2) is 8.42 Å². The molecule has 1 heterocycles. The molecule has 30 heavy (non-hydrogen) atoms. The van der Waals surface area contributed by atoms with E-state index in [2.05, 4.69) is 5.32 Å². The summed E-state index contributed by atoms with van der Waals surface area (Å²) in [6, 6.07) is 9.82. The van der Waals surface area contributed by atoms with E-state index in [1.165, 1.54) is 23.5 Å². The number of halogens is 3. The standard InChI is InChI=1S/C20H21F3N2O4S/c1-29-17-6-8-18(9-7-17)30(27,28)25-12-10-16(11-13-25)24-19(26)14-2-4-15(5-3-14)20(21,22)23/h2-9,16H,10-13H2,1H3,(H,24,26). The zero-order valence-electron chi connectivity index (χ0n) is 16.1. The number of carbonyl (C=O) groups excluding carboxylic acids is 1. The van der Waals surface area contributed by atoms with Crippen LogP contribution in [0.3, 0.4) is 0 Å². The fraction of sp³-hybridized carbons (Fsp3) is 0.350. The average Bonchev–Trinajstić information content (AvgIpc) is 2.73. The van der Waals surface area contributed by atoms with Crippen molar-refractivity contribution in [2.24, 2.45) is 0 Å². The minimum Gasteiger partial charge on any atom is -0.497 e. The summed E-state index contributed by atoms with van der Waals surface area (Å²) < 4.78 is 69.8. The number of nitrogens with zero attached hydrogens (tertiary/aromatic N) is 1. The van der Waals surface area contributed by atoms with Gasteiger partial charge in [-0.05, 0) is 61.4 Å². The molecule has 162 valence electrons. The van der Waals surface area contributed by atoms with E-state index in [4.69, 9.17) is 4.74 Å². The van der Waals surface area contributed by atoms with Gasteiger partial charge in [-0.1, -0.05) is 0 Å². The van der Waals surface area contributed by atoms with Crippen molar-refractivity contribution in [3.63, 3.8) is 0 Å². The first kappa shape index (κ1) is 22.1. The van der Waals surface area contributed by atoms with Crippen molar-refractivity contribution in [3.05, 3.63) is 59.7 Å². The van der Waals surface area contributed by atoms with E-state index in [1.807, 2.05) is 0 Å². The van der Waals surface area contributed by atoms with Crippen LogP contribution in [0.15, 0.2) is 53.4 Å². The highest BCUT2D eigenvalue weighted by Crippen LogP contribution is 2.29. The Morgan fingerprint density at radius 3 is 2.10 bits per heavy atom. The molecular weight excluding hydrogens is 421 g/mol. The minimum atomic E-state index is -4.46. The Morgan fingerprint density at radius 2 is 1.60 bits per heavy atom. The molecule has 10 heteroatoms. The molecule has 0 aromatic heterocycles. The first-order chi connectivity index (χ1) is 14.1. The largest absolute Gasteiger partial charge is 0.497 e. The highest BCUT2D eigenvalue weighted by Gasteiger charge is 2.31. The summed E-state index contributed by atoms with van der Waals surface area (Å²) in [5.74, 6) is 0.0684.